The number of benzene rings is 2. The van der Waals surface area contributed by atoms with E-state index in [1.165, 1.54) is 4.90 Å². The molecule has 6 atom stereocenters. The van der Waals surface area contributed by atoms with E-state index in [4.69, 9.17) is 9.47 Å². The summed E-state index contributed by atoms with van der Waals surface area (Å²) in [5.41, 5.74) is -0.506. The summed E-state index contributed by atoms with van der Waals surface area (Å²) in [5.74, 6) is -2.93. The van der Waals surface area contributed by atoms with E-state index in [1.807, 2.05) is 56.3 Å². The van der Waals surface area contributed by atoms with Crippen LogP contribution in [0.1, 0.15) is 33.1 Å². The van der Waals surface area contributed by atoms with Gasteiger partial charge in [0.15, 0.2) is 0 Å². The van der Waals surface area contributed by atoms with E-state index in [-0.39, 0.29) is 37.5 Å². The first-order valence-electron chi connectivity index (χ1n) is 14.1. The monoisotopic (exact) mass is 546 g/mol. The number of amides is 2. The molecule has 3 fully saturated rings. The molecule has 2 aromatic rings. The van der Waals surface area contributed by atoms with Crippen molar-refractivity contribution in [3.63, 3.8) is 0 Å². The molecule has 3 saturated heterocycles. The fraction of sp³-hybridized carbons (Fsp3) is 0.469. The molecule has 2 bridgehead atoms. The van der Waals surface area contributed by atoms with E-state index < -0.39 is 41.6 Å². The summed E-state index contributed by atoms with van der Waals surface area (Å²) >= 11 is 0. The Morgan fingerprint density at radius 3 is 2.62 bits per heavy atom. The van der Waals surface area contributed by atoms with Crippen LogP contribution in [0.5, 0.6) is 0 Å². The highest BCUT2D eigenvalue weighted by atomic mass is 16.6. The minimum atomic E-state index is -1.18. The van der Waals surface area contributed by atoms with E-state index in [9.17, 15) is 19.5 Å². The normalized spacial score (nSPS) is 27.6. The lowest BCUT2D eigenvalue weighted by Gasteiger charge is -2.40. The van der Waals surface area contributed by atoms with Crippen molar-refractivity contribution < 1.29 is 29.0 Å². The third-order valence-corrected chi connectivity index (χ3v) is 8.75. The Hall–Kier alpha value is -3.49. The number of carbonyl (C=O) groups excluding carboxylic acids is 3. The minimum absolute atomic E-state index is 0.136. The summed E-state index contributed by atoms with van der Waals surface area (Å²) in [7, 11) is 0. The van der Waals surface area contributed by atoms with Crippen LogP contribution >= 0.6 is 0 Å². The second kappa shape index (κ2) is 11.2. The Kier molecular flexibility index (Phi) is 7.84. The van der Waals surface area contributed by atoms with Crippen LogP contribution in [0.4, 0.5) is 5.69 Å². The average molecular weight is 547 g/mol. The lowest BCUT2D eigenvalue weighted by Crippen LogP contribution is -2.59. The van der Waals surface area contributed by atoms with Gasteiger partial charge in [-0.3, -0.25) is 14.4 Å². The Bertz CT molecular complexity index is 1320. The van der Waals surface area contributed by atoms with Gasteiger partial charge in [0.25, 0.3) is 5.91 Å². The number of hydrogen-bond donors (Lipinski definition) is 1. The highest BCUT2D eigenvalue weighted by Crippen LogP contribution is 2.59. The van der Waals surface area contributed by atoms with Gasteiger partial charge < -0.3 is 24.4 Å². The molecule has 8 heteroatoms. The van der Waals surface area contributed by atoms with E-state index in [0.29, 0.717) is 24.9 Å². The van der Waals surface area contributed by atoms with Gasteiger partial charge in [-0.15, -0.1) is 13.2 Å². The number of nitrogens with zero attached hydrogens (tertiary/aromatic N) is 2. The molecule has 5 rings (SSSR count). The molecular formula is C32H38N2O6. The van der Waals surface area contributed by atoms with Gasteiger partial charge in [0.05, 0.1) is 37.2 Å². The van der Waals surface area contributed by atoms with Crippen molar-refractivity contribution in [3.8, 4) is 0 Å². The lowest BCUT2D eigenvalue weighted by atomic mass is 9.70. The number of esters is 1. The van der Waals surface area contributed by atoms with Crippen LogP contribution in [0.2, 0.25) is 0 Å². The molecule has 3 aliphatic rings. The van der Waals surface area contributed by atoms with Crippen molar-refractivity contribution in [2.75, 3.05) is 24.7 Å². The Labute approximate surface area is 235 Å². The summed E-state index contributed by atoms with van der Waals surface area (Å²) < 4.78 is 12.0. The largest absolute Gasteiger partial charge is 0.465 e. The molecule has 3 heterocycles. The summed E-state index contributed by atoms with van der Waals surface area (Å²) in [5, 5.41) is 12.4. The minimum Gasteiger partial charge on any atom is -0.465 e. The van der Waals surface area contributed by atoms with Gasteiger partial charge in [-0.05, 0) is 48.1 Å². The average Bonchev–Trinajstić information content (AvgIpc) is 3.59. The molecule has 0 aliphatic carbocycles. The van der Waals surface area contributed by atoms with Crippen molar-refractivity contribution in [2.24, 2.45) is 17.8 Å². The number of likely N-dealkylation sites (tertiary alicyclic amines) is 1. The Morgan fingerprint density at radius 1 is 1.20 bits per heavy atom. The maximum atomic E-state index is 14.7. The SMILES string of the molecule is C=CCCOC(=O)[C@@H]1[C@H]2C(=O)N([C@@H](CO)C(C)C)C(C(=O)N(CC=C)c3ccc4ccccc4c3)C23CC[C@H]1O3. The molecule has 0 radical (unpaired) electrons. The third-order valence-electron chi connectivity index (χ3n) is 8.75. The number of carbonyl (C=O) groups is 3. The number of anilines is 1. The molecule has 40 heavy (non-hydrogen) atoms. The zero-order chi connectivity index (χ0) is 28.6. The molecule has 2 unspecified atom stereocenters. The molecule has 2 aromatic carbocycles. The van der Waals surface area contributed by atoms with Gasteiger partial charge >= 0.3 is 5.97 Å². The molecule has 8 nitrogen and oxygen atoms in total. The molecule has 212 valence electrons. The quantitative estimate of drug-likeness (QED) is 0.261. The Morgan fingerprint density at radius 2 is 1.95 bits per heavy atom. The predicted octanol–water partition coefficient (Wildman–Crippen LogP) is 3.87. The molecular weight excluding hydrogens is 508 g/mol. The van der Waals surface area contributed by atoms with Gasteiger partial charge in [-0.2, -0.15) is 0 Å². The van der Waals surface area contributed by atoms with E-state index >= 15 is 0 Å². The standard InChI is InChI=1S/C32H38N2O6/c1-5-7-17-39-31(38)26-25-14-15-32(40-25)27(26)29(36)34(24(19-35)20(3)4)28(32)30(37)33(16-6-2)23-13-12-21-10-8-9-11-22(21)18-23/h5-6,8-13,18,20,24-28,35H,1-2,7,14-17,19H2,3-4H3/t24-,25+,26-,27-,28?,32?/m0/s1. The van der Waals surface area contributed by atoms with Crippen LogP contribution in [0.3, 0.4) is 0 Å². The van der Waals surface area contributed by atoms with E-state index in [1.54, 1.807) is 17.1 Å². The highest BCUT2D eigenvalue weighted by Gasteiger charge is 2.75. The summed E-state index contributed by atoms with van der Waals surface area (Å²) in [4.78, 5) is 45.3. The van der Waals surface area contributed by atoms with Gasteiger partial charge in [0.2, 0.25) is 5.91 Å². The fourth-order valence-corrected chi connectivity index (χ4v) is 6.90. The topological polar surface area (TPSA) is 96.4 Å². The van der Waals surface area contributed by atoms with Crippen LogP contribution in [-0.2, 0) is 23.9 Å². The van der Waals surface area contributed by atoms with Crippen LogP contribution in [0, 0.1) is 17.8 Å². The Balaban J connectivity index is 1.58. The molecule has 1 spiro atoms. The molecule has 0 aromatic heterocycles. The third kappa shape index (κ3) is 4.43. The van der Waals surface area contributed by atoms with Crippen molar-refractivity contribution in [1.29, 1.82) is 0 Å². The zero-order valence-electron chi connectivity index (χ0n) is 23.2. The van der Waals surface area contributed by atoms with Gasteiger partial charge in [0, 0.05) is 12.2 Å². The van der Waals surface area contributed by atoms with Crippen LogP contribution < -0.4 is 4.90 Å². The second-order valence-electron chi connectivity index (χ2n) is 11.3. The van der Waals surface area contributed by atoms with Crippen molar-refractivity contribution in [1.82, 2.24) is 4.90 Å². The number of fused-ring (bicyclic) bond motifs is 2. The summed E-state index contributed by atoms with van der Waals surface area (Å²) in [6, 6.07) is 12.1. The first-order chi connectivity index (χ1) is 19.3. The van der Waals surface area contributed by atoms with Gasteiger partial charge in [-0.25, -0.2) is 0 Å². The smallest absolute Gasteiger partial charge is 0.312 e. The lowest BCUT2D eigenvalue weighted by molar-refractivity contribution is -0.156. The fourth-order valence-electron chi connectivity index (χ4n) is 6.90. The van der Waals surface area contributed by atoms with Gasteiger partial charge in [-0.1, -0.05) is 56.3 Å². The maximum absolute atomic E-state index is 14.7. The van der Waals surface area contributed by atoms with Crippen LogP contribution in [0.25, 0.3) is 10.8 Å². The van der Waals surface area contributed by atoms with E-state index in [0.717, 1.165) is 10.8 Å². The van der Waals surface area contributed by atoms with Crippen molar-refractivity contribution in [3.05, 3.63) is 67.8 Å². The van der Waals surface area contributed by atoms with Crippen molar-refractivity contribution in [2.45, 2.75) is 56.9 Å². The number of aliphatic hydroxyl groups is 1. The molecule has 2 amide bonds. The van der Waals surface area contributed by atoms with Crippen molar-refractivity contribution >= 4 is 34.2 Å². The highest BCUT2D eigenvalue weighted by molar-refractivity contribution is 6.05. The van der Waals surface area contributed by atoms with E-state index in [2.05, 4.69) is 13.2 Å². The molecule has 0 saturated carbocycles. The number of rotatable bonds is 11. The second-order valence-corrected chi connectivity index (χ2v) is 11.3. The number of hydrogen-bond acceptors (Lipinski definition) is 6. The number of ether oxygens (including phenoxy) is 2. The molecule has 1 N–H and O–H groups in total. The van der Waals surface area contributed by atoms with Crippen LogP contribution in [0.15, 0.2) is 67.8 Å². The maximum Gasteiger partial charge on any atom is 0.312 e. The molecule has 3 aliphatic heterocycles. The van der Waals surface area contributed by atoms with Gasteiger partial charge in [0.1, 0.15) is 11.6 Å². The van der Waals surface area contributed by atoms with Crippen LogP contribution in [-0.4, -0.2) is 71.3 Å². The predicted molar refractivity (Wildman–Crippen MR) is 152 cm³/mol. The zero-order valence-corrected chi connectivity index (χ0v) is 23.2. The summed E-state index contributed by atoms with van der Waals surface area (Å²) in [6.07, 6.45) is 4.34. The summed E-state index contributed by atoms with van der Waals surface area (Å²) in [6.45, 7) is 11.4. The first kappa shape index (κ1) is 28.1. The first-order valence-corrected chi connectivity index (χ1v) is 14.1. The number of aliphatic hydroxyl groups excluding tert-OH is 1.